The summed E-state index contributed by atoms with van der Waals surface area (Å²) in [6, 6.07) is 7.77. The van der Waals surface area contributed by atoms with Crippen molar-refractivity contribution in [2.24, 2.45) is 28.7 Å². The molecular weight excluding hydrogens is 408 g/mol. The number of hydrogen-bond acceptors (Lipinski definition) is 4. The van der Waals surface area contributed by atoms with E-state index in [9.17, 15) is 9.59 Å². The molecule has 0 aromatic heterocycles. The van der Waals surface area contributed by atoms with Crippen molar-refractivity contribution in [1.29, 1.82) is 0 Å². The lowest BCUT2D eigenvalue weighted by molar-refractivity contribution is -0.140. The van der Waals surface area contributed by atoms with Crippen molar-refractivity contribution < 1.29 is 9.59 Å². The number of allylic oxidation sites excluding steroid dienone is 2. The fourth-order valence-electron chi connectivity index (χ4n) is 4.56. The molecule has 1 aromatic rings. The van der Waals surface area contributed by atoms with Crippen molar-refractivity contribution in [2.75, 3.05) is 32.4 Å². The van der Waals surface area contributed by atoms with Crippen molar-refractivity contribution in [3.05, 3.63) is 41.4 Å². The first-order valence-electron chi connectivity index (χ1n) is 9.95. The summed E-state index contributed by atoms with van der Waals surface area (Å²) in [6.07, 6.45) is 5.20. The quantitative estimate of drug-likeness (QED) is 0.173. The van der Waals surface area contributed by atoms with Crippen LogP contribution in [0.5, 0.6) is 0 Å². The van der Waals surface area contributed by atoms with E-state index in [1.807, 2.05) is 24.3 Å². The number of hydrogen-bond donors (Lipinski definition) is 2. The first kappa shape index (κ1) is 20.3. The molecule has 0 spiro atoms. The van der Waals surface area contributed by atoms with Crippen molar-refractivity contribution in [1.82, 2.24) is 15.5 Å². The number of nitrogens with one attached hydrogen (secondary N) is 2. The SMILES string of the molecule is CN=C(NCCSc1ccc(Cl)cc1)NCCN1C(=O)C2C3C=CC(C3)C2C1=O. The van der Waals surface area contributed by atoms with Crippen molar-refractivity contribution in [2.45, 2.75) is 11.3 Å². The van der Waals surface area contributed by atoms with Crippen LogP contribution >= 0.6 is 23.4 Å². The molecule has 2 aliphatic carbocycles. The lowest BCUT2D eigenvalue weighted by atomic mass is 9.85. The summed E-state index contributed by atoms with van der Waals surface area (Å²) in [5.74, 6) is 1.81. The van der Waals surface area contributed by atoms with Crippen LogP contribution in [-0.4, -0.2) is 55.1 Å². The van der Waals surface area contributed by atoms with Gasteiger partial charge in [0.15, 0.2) is 5.96 Å². The van der Waals surface area contributed by atoms with Gasteiger partial charge in [-0.05, 0) is 42.5 Å². The van der Waals surface area contributed by atoms with Crippen LogP contribution in [0.1, 0.15) is 6.42 Å². The molecule has 0 radical (unpaired) electrons. The molecule has 1 aliphatic heterocycles. The van der Waals surface area contributed by atoms with E-state index in [1.165, 1.54) is 9.80 Å². The van der Waals surface area contributed by atoms with E-state index in [0.29, 0.717) is 19.0 Å². The normalized spacial score (nSPS) is 27.7. The molecule has 2 N–H and O–H groups in total. The molecule has 1 saturated heterocycles. The number of carbonyl (C=O) groups excluding carboxylic acids is 2. The van der Waals surface area contributed by atoms with Crippen LogP contribution in [0.15, 0.2) is 46.3 Å². The van der Waals surface area contributed by atoms with Crippen LogP contribution in [0.25, 0.3) is 0 Å². The third kappa shape index (κ3) is 4.16. The maximum Gasteiger partial charge on any atom is 0.233 e. The first-order valence-corrected chi connectivity index (χ1v) is 11.3. The van der Waals surface area contributed by atoms with E-state index in [-0.39, 0.29) is 35.5 Å². The monoisotopic (exact) mass is 432 g/mol. The number of carbonyl (C=O) groups is 2. The summed E-state index contributed by atoms with van der Waals surface area (Å²) in [6.45, 7) is 1.61. The smallest absolute Gasteiger partial charge is 0.233 e. The predicted octanol–water partition coefficient (Wildman–Crippen LogP) is 2.40. The second-order valence-corrected chi connectivity index (χ2v) is 9.16. The Morgan fingerprint density at radius 3 is 2.34 bits per heavy atom. The van der Waals surface area contributed by atoms with Crippen LogP contribution in [0.3, 0.4) is 0 Å². The Bertz CT molecular complexity index is 812. The van der Waals surface area contributed by atoms with Gasteiger partial charge >= 0.3 is 0 Å². The van der Waals surface area contributed by atoms with Crippen molar-refractivity contribution in [3.63, 3.8) is 0 Å². The summed E-state index contributed by atoms with van der Waals surface area (Å²) < 4.78 is 0. The molecule has 4 unspecified atom stereocenters. The average molecular weight is 433 g/mol. The fraction of sp³-hybridized carbons (Fsp3) is 0.476. The number of imide groups is 1. The van der Waals surface area contributed by atoms with Crippen LogP contribution < -0.4 is 10.6 Å². The topological polar surface area (TPSA) is 73.8 Å². The van der Waals surface area contributed by atoms with Gasteiger partial charge in [-0.1, -0.05) is 23.8 Å². The molecule has 6 nitrogen and oxygen atoms in total. The zero-order valence-corrected chi connectivity index (χ0v) is 17.9. The maximum atomic E-state index is 12.7. The number of benzene rings is 1. The molecule has 4 rings (SSSR count). The fourth-order valence-corrected chi connectivity index (χ4v) is 5.45. The molecule has 1 aromatic carbocycles. The van der Waals surface area contributed by atoms with Crippen LogP contribution in [0, 0.1) is 23.7 Å². The minimum absolute atomic E-state index is 0.000890. The highest BCUT2D eigenvalue weighted by Crippen LogP contribution is 2.52. The first-order chi connectivity index (χ1) is 14.1. The Balaban J connectivity index is 1.18. The number of rotatable bonds is 7. The third-order valence-corrected chi connectivity index (χ3v) is 7.16. The van der Waals surface area contributed by atoms with E-state index < -0.39 is 0 Å². The number of likely N-dealkylation sites (tertiary alicyclic amines) is 1. The Hall–Kier alpha value is -1.99. The largest absolute Gasteiger partial charge is 0.356 e. The number of guanidine groups is 1. The molecule has 2 bridgehead atoms. The molecule has 1 saturated carbocycles. The molecule has 1 heterocycles. The van der Waals surface area contributed by atoms with Crippen molar-refractivity contribution in [3.8, 4) is 0 Å². The molecule has 154 valence electrons. The summed E-state index contributed by atoms with van der Waals surface area (Å²) >= 11 is 7.63. The highest BCUT2D eigenvalue weighted by molar-refractivity contribution is 7.99. The zero-order valence-electron chi connectivity index (χ0n) is 16.3. The third-order valence-electron chi connectivity index (χ3n) is 5.89. The van der Waals surface area contributed by atoms with Gasteiger partial charge in [-0.3, -0.25) is 19.5 Å². The molecule has 2 fully saturated rings. The molecular formula is C21H25ClN4O2S. The second-order valence-electron chi connectivity index (χ2n) is 7.56. The second kappa shape index (κ2) is 8.79. The van der Waals surface area contributed by atoms with Crippen molar-refractivity contribution >= 4 is 41.1 Å². The van der Waals surface area contributed by atoms with Gasteiger partial charge < -0.3 is 10.6 Å². The highest BCUT2D eigenvalue weighted by atomic mass is 35.5. The number of halogens is 1. The van der Waals surface area contributed by atoms with Crippen LogP contribution in [0.2, 0.25) is 5.02 Å². The number of aliphatic imine (C=N–C) groups is 1. The van der Waals surface area contributed by atoms with Crippen LogP contribution in [0.4, 0.5) is 0 Å². The van der Waals surface area contributed by atoms with Gasteiger partial charge in [0.25, 0.3) is 0 Å². The molecule has 8 heteroatoms. The Kier molecular flexibility index (Phi) is 6.15. The van der Waals surface area contributed by atoms with Gasteiger partial charge in [0.2, 0.25) is 11.8 Å². The lowest BCUT2D eigenvalue weighted by Crippen LogP contribution is -2.44. The van der Waals surface area contributed by atoms with Gasteiger partial charge in [0.1, 0.15) is 0 Å². The predicted molar refractivity (Wildman–Crippen MR) is 116 cm³/mol. The minimum atomic E-state index is -0.125. The Morgan fingerprint density at radius 1 is 1.10 bits per heavy atom. The average Bonchev–Trinajstić information content (AvgIpc) is 3.40. The summed E-state index contributed by atoms with van der Waals surface area (Å²) in [4.78, 5) is 32.2. The minimum Gasteiger partial charge on any atom is -0.356 e. The van der Waals surface area contributed by atoms with E-state index in [1.54, 1.807) is 18.8 Å². The van der Waals surface area contributed by atoms with E-state index in [4.69, 9.17) is 11.6 Å². The summed E-state index contributed by atoms with van der Waals surface area (Å²) in [5, 5.41) is 7.19. The standard InChI is InChI=1S/C21H25ClN4O2S/c1-23-21(25-9-11-29-16-6-4-15(22)5-7-16)24-8-10-26-19(27)17-13-2-3-14(12-13)18(17)20(26)28/h2-7,13-14,17-18H,8-12H2,1H3,(H2,23,24,25). The maximum absolute atomic E-state index is 12.7. The number of thioether (sulfide) groups is 1. The van der Waals surface area contributed by atoms with E-state index in [0.717, 1.165) is 23.7 Å². The Morgan fingerprint density at radius 2 is 1.72 bits per heavy atom. The summed E-state index contributed by atoms with van der Waals surface area (Å²) in [5.41, 5.74) is 0. The molecule has 3 aliphatic rings. The lowest BCUT2D eigenvalue weighted by Gasteiger charge is -2.18. The molecule has 29 heavy (non-hydrogen) atoms. The van der Waals surface area contributed by atoms with Crippen LogP contribution in [-0.2, 0) is 9.59 Å². The van der Waals surface area contributed by atoms with Gasteiger partial charge in [-0.25, -0.2) is 0 Å². The van der Waals surface area contributed by atoms with Gasteiger partial charge in [0.05, 0.1) is 11.8 Å². The van der Waals surface area contributed by atoms with Gasteiger partial charge in [-0.15, -0.1) is 11.8 Å². The summed E-state index contributed by atoms with van der Waals surface area (Å²) in [7, 11) is 1.71. The van der Waals surface area contributed by atoms with E-state index in [2.05, 4.69) is 27.8 Å². The zero-order chi connectivity index (χ0) is 20.4. The molecule has 2 amide bonds. The number of fused-ring (bicyclic) bond motifs is 5. The number of nitrogens with zero attached hydrogens (tertiary/aromatic N) is 2. The van der Waals surface area contributed by atoms with E-state index >= 15 is 0 Å². The van der Waals surface area contributed by atoms with Gasteiger partial charge in [0, 0.05) is 42.4 Å². The molecule has 4 atom stereocenters. The van der Waals surface area contributed by atoms with Gasteiger partial charge in [-0.2, -0.15) is 0 Å². The Labute approximate surface area is 180 Å². The highest BCUT2D eigenvalue weighted by Gasteiger charge is 2.58. The number of amides is 2.